The third kappa shape index (κ3) is 6.95. The van der Waals surface area contributed by atoms with Gasteiger partial charge >= 0.3 is 5.97 Å². The second-order valence-electron chi connectivity index (χ2n) is 6.36. The number of ether oxygens (including phenoxy) is 2. The summed E-state index contributed by atoms with van der Waals surface area (Å²) in [5, 5.41) is 5.33. The van der Waals surface area contributed by atoms with Crippen LogP contribution in [-0.2, 0) is 14.3 Å². The molecule has 2 aromatic rings. The fourth-order valence-corrected chi connectivity index (χ4v) is 2.81. The predicted molar refractivity (Wildman–Crippen MR) is 109 cm³/mol. The summed E-state index contributed by atoms with van der Waals surface area (Å²) >= 11 is 0. The highest BCUT2D eigenvalue weighted by atomic mass is 16.5. The van der Waals surface area contributed by atoms with Crippen LogP contribution in [0.15, 0.2) is 54.6 Å². The van der Waals surface area contributed by atoms with Crippen molar-refractivity contribution in [3.63, 3.8) is 0 Å². The predicted octanol–water partition coefficient (Wildman–Crippen LogP) is 2.63. The Morgan fingerprint density at radius 2 is 1.69 bits per heavy atom. The Labute approximate surface area is 170 Å². The smallest absolute Gasteiger partial charge is 0.325 e. The van der Waals surface area contributed by atoms with Gasteiger partial charge in [0.2, 0.25) is 0 Å². The summed E-state index contributed by atoms with van der Waals surface area (Å²) in [6, 6.07) is 16.2. The van der Waals surface area contributed by atoms with Crippen LogP contribution < -0.4 is 15.4 Å². The summed E-state index contributed by atoms with van der Waals surface area (Å²) < 4.78 is 10.1. The van der Waals surface area contributed by atoms with E-state index in [1.54, 1.807) is 24.3 Å². The quantitative estimate of drug-likeness (QED) is 0.600. The lowest BCUT2D eigenvalue weighted by Crippen LogP contribution is -2.35. The molecule has 154 valence electrons. The number of carbonyl (C=O) groups excluding carboxylic acids is 3. The Balaban J connectivity index is 1.79. The van der Waals surface area contributed by atoms with E-state index in [9.17, 15) is 14.4 Å². The van der Waals surface area contributed by atoms with Gasteiger partial charge < -0.3 is 20.1 Å². The summed E-state index contributed by atoms with van der Waals surface area (Å²) in [6.07, 6.45) is 1.67. The minimum Gasteiger partial charge on any atom is -0.496 e. The molecule has 0 radical (unpaired) electrons. The van der Waals surface area contributed by atoms with Gasteiger partial charge in [-0.2, -0.15) is 0 Å². The number of hydrogen-bond acceptors (Lipinski definition) is 5. The molecule has 29 heavy (non-hydrogen) atoms. The Kier molecular flexibility index (Phi) is 8.69. The maximum atomic E-state index is 12.2. The molecule has 0 spiro atoms. The van der Waals surface area contributed by atoms with Crippen LogP contribution in [0.25, 0.3) is 0 Å². The molecule has 0 unspecified atom stereocenters. The summed E-state index contributed by atoms with van der Waals surface area (Å²) in [5.41, 5.74) is 1.31. The van der Waals surface area contributed by atoms with Gasteiger partial charge in [0.15, 0.2) is 6.61 Å². The number of rotatable bonds is 10. The van der Waals surface area contributed by atoms with Crippen LogP contribution in [0.3, 0.4) is 0 Å². The maximum absolute atomic E-state index is 12.2. The van der Waals surface area contributed by atoms with Crippen LogP contribution in [0.2, 0.25) is 0 Å². The number of carbonyl (C=O) groups is 3. The normalized spacial score (nSPS) is 11.2. The van der Waals surface area contributed by atoms with Crippen LogP contribution in [-0.4, -0.2) is 38.0 Å². The van der Waals surface area contributed by atoms with Crippen molar-refractivity contribution in [3.05, 3.63) is 65.7 Å². The average molecular weight is 398 g/mol. The maximum Gasteiger partial charge on any atom is 0.325 e. The van der Waals surface area contributed by atoms with E-state index in [1.165, 1.54) is 7.11 Å². The van der Waals surface area contributed by atoms with Gasteiger partial charge in [-0.05, 0) is 24.1 Å². The Hall–Kier alpha value is -3.35. The van der Waals surface area contributed by atoms with Crippen molar-refractivity contribution in [3.8, 4) is 5.75 Å². The molecule has 0 fully saturated rings. The van der Waals surface area contributed by atoms with E-state index >= 15 is 0 Å². The van der Waals surface area contributed by atoms with Gasteiger partial charge in [-0.25, -0.2) is 0 Å². The fourth-order valence-electron chi connectivity index (χ4n) is 2.81. The van der Waals surface area contributed by atoms with Crippen molar-refractivity contribution in [2.24, 2.45) is 0 Å². The average Bonchev–Trinajstić information content (AvgIpc) is 2.76. The Morgan fingerprint density at radius 3 is 2.38 bits per heavy atom. The molecule has 2 N–H and O–H groups in total. The molecule has 0 heterocycles. The molecule has 7 heteroatoms. The lowest BCUT2D eigenvalue weighted by molar-refractivity contribution is -0.147. The first-order valence-electron chi connectivity index (χ1n) is 9.46. The third-order valence-electron chi connectivity index (χ3n) is 4.22. The van der Waals surface area contributed by atoms with Crippen LogP contribution >= 0.6 is 0 Å². The zero-order chi connectivity index (χ0) is 21.1. The SMILES string of the molecule is CCC[C@@H](NC(=O)COC(=O)CNC(=O)c1ccccc1OC)c1ccccc1. The number of methoxy groups -OCH3 is 1. The van der Waals surface area contributed by atoms with E-state index in [-0.39, 0.29) is 12.6 Å². The zero-order valence-electron chi connectivity index (χ0n) is 16.6. The van der Waals surface area contributed by atoms with Crippen molar-refractivity contribution in [1.82, 2.24) is 10.6 Å². The molecule has 7 nitrogen and oxygen atoms in total. The standard InChI is InChI=1S/C22H26N2O5/c1-3-9-18(16-10-5-4-6-11-16)24-20(25)15-29-21(26)14-23-22(27)17-12-7-8-13-19(17)28-2/h4-8,10-13,18H,3,9,14-15H2,1-2H3,(H,23,27)(H,24,25)/t18-/m1/s1. The van der Waals surface area contributed by atoms with E-state index in [4.69, 9.17) is 9.47 Å². The first-order valence-corrected chi connectivity index (χ1v) is 9.46. The molecule has 0 saturated heterocycles. The monoisotopic (exact) mass is 398 g/mol. The molecule has 0 aliphatic rings. The van der Waals surface area contributed by atoms with Gasteiger partial charge in [-0.3, -0.25) is 14.4 Å². The third-order valence-corrected chi connectivity index (χ3v) is 4.22. The lowest BCUT2D eigenvalue weighted by atomic mass is 10.0. The molecular formula is C22H26N2O5. The highest BCUT2D eigenvalue weighted by molar-refractivity contribution is 5.98. The van der Waals surface area contributed by atoms with Crippen LogP contribution in [0.5, 0.6) is 5.75 Å². The van der Waals surface area contributed by atoms with Crippen LogP contribution in [0, 0.1) is 0 Å². The molecule has 0 aromatic heterocycles. The molecule has 0 aliphatic carbocycles. The summed E-state index contributed by atoms with van der Waals surface area (Å²) in [6.45, 7) is 1.28. The van der Waals surface area contributed by atoms with Crippen LogP contribution in [0.4, 0.5) is 0 Å². The van der Waals surface area contributed by atoms with Crippen molar-refractivity contribution in [2.75, 3.05) is 20.3 Å². The van der Waals surface area contributed by atoms with Gasteiger partial charge in [0.05, 0.1) is 18.7 Å². The molecule has 2 rings (SSSR count). The van der Waals surface area contributed by atoms with Crippen LogP contribution in [0.1, 0.15) is 41.7 Å². The number of para-hydroxylation sites is 1. The topological polar surface area (TPSA) is 93.7 Å². The molecule has 2 amide bonds. The van der Waals surface area contributed by atoms with Crippen molar-refractivity contribution in [2.45, 2.75) is 25.8 Å². The highest BCUT2D eigenvalue weighted by Crippen LogP contribution is 2.18. The zero-order valence-corrected chi connectivity index (χ0v) is 16.6. The van der Waals surface area contributed by atoms with Crippen molar-refractivity contribution >= 4 is 17.8 Å². The molecule has 1 atom stereocenters. The minimum atomic E-state index is -0.699. The molecular weight excluding hydrogens is 372 g/mol. The van der Waals surface area contributed by atoms with E-state index in [1.807, 2.05) is 37.3 Å². The number of hydrogen-bond donors (Lipinski definition) is 2. The summed E-state index contributed by atoms with van der Waals surface area (Å²) in [5.74, 6) is -1.15. The van der Waals surface area contributed by atoms with Gasteiger partial charge in [-0.1, -0.05) is 55.8 Å². The van der Waals surface area contributed by atoms with Gasteiger partial charge in [0, 0.05) is 0 Å². The molecule has 0 aliphatic heterocycles. The summed E-state index contributed by atoms with van der Waals surface area (Å²) in [7, 11) is 1.46. The number of amides is 2. The van der Waals surface area contributed by atoms with Crippen molar-refractivity contribution in [1.29, 1.82) is 0 Å². The summed E-state index contributed by atoms with van der Waals surface area (Å²) in [4.78, 5) is 36.2. The number of benzene rings is 2. The second-order valence-corrected chi connectivity index (χ2v) is 6.36. The second kappa shape index (κ2) is 11.5. The molecule has 2 aromatic carbocycles. The Bertz CT molecular complexity index is 823. The van der Waals surface area contributed by atoms with Crippen molar-refractivity contribution < 1.29 is 23.9 Å². The molecule has 0 saturated carbocycles. The first-order chi connectivity index (χ1) is 14.0. The van der Waals surface area contributed by atoms with Gasteiger partial charge in [0.1, 0.15) is 12.3 Å². The first kappa shape index (κ1) is 21.9. The van der Waals surface area contributed by atoms with E-state index in [0.717, 1.165) is 18.4 Å². The van der Waals surface area contributed by atoms with Gasteiger partial charge in [-0.15, -0.1) is 0 Å². The van der Waals surface area contributed by atoms with E-state index in [2.05, 4.69) is 10.6 Å². The minimum absolute atomic E-state index is 0.141. The van der Waals surface area contributed by atoms with E-state index < -0.39 is 24.4 Å². The highest BCUT2D eigenvalue weighted by Gasteiger charge is 2.16. The lowest BCUT2D eigenvalue weighted by Gasteiger charge is -2.18. The van der Waals surface area contributed by atoms with Gasteiger partial charge in [0.25, 0.3) is 11.8 Å². The largest absolute Gasteiger partial charge is 0.496 e. The molecule has 0 bridgehead atoms. The number of esters is 1. The fraction of sp³-hybridized carbons (Fsp3) is 0.318. The number of nitrogens with one attached hydrogen (secondary N) is 2. The Morgan fingerprint density at radius 1 is 1.00 bits per heavy atom. The van der Waals surface area contributed by atoms with E-state index in [0.29, 0.717) is 11.3 Å².